The lowest BCUT2D eigenvalue weighted by Crippen LogP contribution is -2.38. The molecule has 0 spiro atoms. The molecular weight excluding hydrogens is 220 g/mol. The minimum Gasteiger partial charge on any atom is -0.462 e. The van der Waals surface area contributed by atoms with Crippen molar-refractivity contribution in [3.8, 4) is 0 Å². The van der Waals surface area contributed by atoms with Crippen LogP contribution in [0, 0.1) is 11.3 Å². The molecule has 1 heterocycles. The lowest BCUT2D eigenvalue weighted by molar-refractivity contribution is -0.172. The molecule has 1 aliphatic heterocycles. The number of allylic oxidation sites excluding steroid dienone is 3. The molecule has 0 aromatic heterocycles. The molecule has 0 amide bonds. The number of hydrogen-bond donors (Lipinski definition) is 0. The van der Waals surface area contributed by atoms with Crippen molar-refractivity contribution in [3.05, 3.63) is 24.0 Å². The van der Waals surface area contributed by atoms with Crippen LogP contribution in [0.4, 0.5) is 0 Å². The SMILES string of the molecule is CC(=O)O[C@H]1C[C@@H]2C(=CO1)C(=O)C=CC2(C)C. The zero-order valence-electron chi connectivity index (χ0n) is 10.2. The second-order valence-electron chi connectivity index (χ2n) is 5.06. The van der Waals surface area contributed by atoms with E-state index >= 15 is 0 Å². The van der Waals surface area contributed by atoms with Gasteiger partial charge in [-0.15, -0.1) is 0 Å². The van der Waals surface area contributed by atoms with E-state index in [9.17, 15) is 9.59 Å². The summed E-state index contributed by atoms with van der Waals surface area (Å²) in [6.45, 7) is 5.47. The molecule has 0 bridgehead atoms. The van der Waals surface area contributed by atoms with Gasteiger partial charge in [0.05, 0.1) is 6.26 Å². The smallest absolute Gasteiger partial charge is 0.305 e. The number of fused-ring (bicyclic) bond motifs is 1. The quantitative estimate of drug-likeness (QED) is 0.653. The van der Waals surface area contributed by atoms with Crippen molar-refractivity contribution < 1.29 is 19.1 Å². The lowest BCUT2D eigenvalue weighted by Gasteiger charge is -2.39. The summed E-state index contributed by atoms with van der Waals surface area (Å²) in [5.41, 5.74) is 0.544. The molecule has 0 fully saturated rings. The van der Waals surface area contributed by atoms with Crippen molar-refractivity contribution >= 4 is 11.8 Å². The number of carbonyl (C=O) groups is 2. The fourth-order valence-corrected chi connectivity index (χ4v) is 2.30. The van der Waals surface area contributed by atoms with Gasteiger partial charge in [-0.3, -0.25) is 9.59 Å². The number of ketones is 1. The molecule has 1 aliphatic carbocycles. The van der Waals surface area contributed by atoms with E-state index in [0.717, 1.165) is 0 Å². The van der Waals surface area contributed by atoms with Gasteiger partial charge in [0.2, 0.25) is 6.29 Å². The molecule has 0 radical (unpaired) electrons. The molecule has 0 N–H and O–H groups in total. The number of esters is 1. The Balaban J connectivity index is 2.23. The van der Waals surface area contributed by atoms with Gasteiger partial charge in [-0.1, -0.05) is 19.9 Å². The summed E-state index contributed by atoms with van der Waals surface area (Å²) in [5.74, 6) is -0.351. The standard InChI is InChI=1S/C13H16O4/c1-8(14)17-12-6-10-9(7-16-12)11(15)4-5-13(10,2)3/h4-5,7,10,12H,6H2,1-3H3/t10-,12+/m1/s1. The van der Waals surface area contributed by atoms with Gasteiger partial charge in [-0.05, 0) is 11.5 Å². The van der Waals surface area contributed by atoms with Crippen LogP contribution in [0.3, 0.4) is 0 Å². The maximum Gasteiger partial charge on any atom is 0.305 e. The highest BCUT2D eigenvalue weighted by atomic mass is 16.7. The van der Waals surface area contributed by atoms with Crippen molar-refractivity contribution in [1.29, 1.82) is 0 Å². The molecular formula is C13H16O4. The molecule has 2 rings (SSSR count). The predicted molar refractivity (Wildman–Crippen MR) is 60.8 cm³/mol. The van der Waals surface area contributed by atoms with Crippen LogP contribution in [0.15, 0.2) is 24.0 Å². The van der Waals surface area contributed by atoms with Gasteiger partial charge < -0.3 is 9.47 Å². The third-order valence-electron chi connectivity index (χ3n) is 3.29. The maximum absolute atomic E-state index is 11.7. The van der Waals surface area contributed by atoms with Crippen LogP contribution in [-0.4, -0.2) is 18.0 Å². The third-order valence-corrected chi connectivity index (χ3v) is 3.29. The molecule has 92 valence electrons. The van der Waals surface area contributed by atoms with E-state index in [1.807, 2.05) is 6.08 Å². The number of ether oxygens (including phenoxy) is 2. The summed E-state index contributed by atoms with van der Waals surface area (Å²) >= 11 is 0. The Morgan fingerprint density at radius 2 is 2.24 bits per heavy atom. The van der Waals surface area contributed by atoms with E-state index in [4.69, 9.17) is 9.47 Å². The van der Waals surface area contributed by atoms with Gasteiger partial charge in [0.1, 0.15) is 0 Å². The highest BCUT2D eigenvalue weighted by Crippen LogP contribution is 2.43. The fraction of sp³-hybridized carbons (Fsp3) is 0.538. The van der Waals surface area contributed by atoms with Crippen LogP contribution in [0.1, 0.15) is 27.2 Å². The Morgan fingerprint density at radius 3 is 2.88 bits per heavy atom. The largest absolute Gasteiger partial charge is 0.462 e. The number of rotatable bonds is 1. The highest BCUT2D eigenvalue weighted by Gasteiger charge is 2.41. The van der Waals surface area contributed by atoms with Gasteiger partial charge in [0.15, 0.2) is 5.78 Å². The molecule has 2 atom stereocenters. The number of hydrogen-bond acceptors (Lipinski definition) is 4. The van der Waals surface area contributed by atoms with Gasteiger partial charge in [-0.25, -0.2) is 0 Å². The first-order valence-corrected chi connectivity index (χ1v) is 5.66. The van der Waals surface area contributed by atoms with Crippen LogP contribution in [0.25, 0.3) is 0 Å². The van der Waals surface area contributed by atoms with Crippen LogP contribution in [-0.2, 0) is 19.1 Å². The minimum atomic E-state index is -0.583. The molecule has 0 saturated carbocycles. The fourth-order valence-electron chi connectivity index (χ4n) is 2.30. The van der Waals surface area contributed by atoms with Gasteiger partial charge in [0.25, 0.3) is 0 Å². The first kappa shape index (κ1) is 11.9. The molecule has 4 heteroatoms. The van der Waals surface area contributed by atoms with Crippen molar-refractivity contribution in [3.63, 3.8) is 0 Å². The first-order chi connectivity index (χ1) is 7.90. The maximum atomic E-state index is 11.7. The van der Waals surface area contributed by atoms with Crippen molar-refractivity contribution in [2.45, 2.75) is 33.5 Å². The van der Waals surface area contributed by atoms with E-state index in [1.54, 1.807) is 6.08 Å². The summed E-state index contributed by atoms with van der Waals surface area (Å²) in [5, 5.41) is 0. The van der Waals surface area contributed by atoms with Crippen molar-refractivity contribution in [2.75, 3.05) is 0 Å². The van der Waals surface area contributed by atoms with Gasteiger partial charge in [-0.2, -0.15) is 0 Å². The van der Waals surface area contributed by atoms with Crippen LogP contribution < -0.4 is 0 Å². The Kier molecular flexibility index (Phi) is 2.81. The Hall–Kier alpha value is -1.58. The van der Waals surface area contributed by atoms with Crippen molar-refractivity contribution in [2.24, 2.45) is 11.3 Å². The summed E-state index contributed by atoms with van der Waals surface area (Å²) in [6, 6.07) is 0. The predicted octanol–water partition coefficient (Wildman–Crippen LogP) is 1.96. The first-order valence-electron chi connectivity index (χ1n) is 5.66. The zero-order valence-corrected chi connectivity index (χ0v) is 10.2. The summed E-state index contributed by atoms with van der Waals surface area (Å²) in [4.78, 5) is 22.6. The molecule has 2 aliphatic rings. The van der Waals surface area contributed by atoms with E-state index < -0.39 is 6.29 Å². The zero-order chi connectivity index (χ0) is 12.6. The molecule has 0 unspecified atom stereocenters. The average molecular weight is 236 g/mol. The second-order valence-corrected chi connectivity index (χ2v) is 5.06. The highest BCUT2D eigenvalue weighted by molar-refractivity contribution is 6.05. The number of carbonyl (C=O) groups excluding carboxylic acids is 2. The second kappa shape index (κ2) is 4.02. The lowest BCUT2D eigenvalue weighted by atomic mass is 9.68. The molecule has 4 nitrogen and oxygen atoms in total. The molecule has 0 aromatic carbocycles. The van der Waals surface area contributed by atoms with Crippen LogP contribution >= 0.6 is 0 Å². The van der Waals surface area contributed by atoms with Crippen molar-refractivity contribution in [1.82, 2.24) is 0 Å². The summed E-state index contributed by atoms with van der Waals surface area (Å²) in [6.07, 6.45) is 4.87. The third kappa shape index (κ3) is 2.25. The monoisotopic (exact) mass is 236 g/mol. The van der Waals surface area contributed by atoms with E-state index in [-0.39, 0.29) is 23.1 Å². The van der Waals surface area contributed by atoms with E-state index in [1.165, 1.54) is 13.2 Å². The van der Waals surface area contributed by atoms with E-state index in [2.05, 4.69) is 13.8 Å². The molecule has 0 saturated heterocycles. The van der Waals surface area contributed by atoms with Crippen LogP contribution in [0.2, 0.25) is 0 Å². The summed E-state index contributed by atoms with van der Waals surface area (Å²) < 4.78 is 10.3. The molecule has 17 heavy (non-hydrogen) atoms. The Bertz CT molecular complexity index is 417. The molecule has 0 aromatic rings. The topological polar surface area (TPSA) is 52.6 Å². The Morgan fingerprint density at radius 1 is 1.53 bits per heavy atom. The van der Waals surface area contributed by atoms with E-state index in [0.29, 0.717) is 12.0 Å². The van der Waals surface area contributed by atoms with Gasteiger partial charge >= 0.3 is 5.97 Å². The minimum absolute atomic E-state index is 0.0180. The van der Waals surface area contributed by atoms with Crippen LogP contribution in [0.5, 0.6) is 0 Å². The summed E-state index contributed by atoms with van der Waals surface area (Å²) in [7, 11) is 0. The Labute approximate surface area is 100 Å². The average Bonchev–Trinajstić information content (AvgIpc) is 2.24. The van der Waals surface area contributed by atoms with Gasteiger partial charge in [0, 0.05) is 24.8 Å². The normalized spacial score (nSPS) is 30.1.